The number of ketones is 4. The number of rotatable bonds is 47. The maximum Gasteiger partial charge on any atom is 0.389 e. The lowest BCUT2D eigenvalue weighted by Crippen LogP contribution is -2.41. The topological polar surface area (TPSA) is 267 Å². The van der Waals surface area contributed by atoms with Crippen LogP contribution in [-0.4, -0.2) is 249 Å². The molecule has 0 radical (unpaired) electrons. The molecule has 4 aromatic carbocycles. The molecule has 0 spiro atoms. The average molecular weight is 2060 g/mol. The number of methoxy groups -OCH3 is 1. The number of alkyl halides is 12. The number of nitrogens with one attached hydrogen (secondary N) is 2. The summed E-state index contributed by atoms with van der Waals surface area (Å²) in [5.41, 5.74) is 15.6. The van der Waals surface area contributed by atoms with Gasteiger partial charge in [0.2, 0.25) is 0 Å². The predicted octanol–water partition coefficient (Wildman–Crippen LogP) is 21.6. The van der Waals surface area contributed by atoms with Crippen LogP contribution in [0, 0.1) is 0 Å². The fourth-order valence-electron chi connectivity index (χ4n) is 18.0. The second-order valence-corrected chi connectivity index (χ2v) is 37.8. The highest BCUT2D eigenvalue weighted by atomic mass is 19.4. The molecule has 1 saturated carbocycles. The molecular weight excluding hydrogens is 1930 g/mol. The van der Waals surface area contributed by atoms with E-state index in [4.69, 9.17) is 24.1 Å². The SMILES string of the molecule is CN1CCC(NCCCON=Cc2ccn3c(-c4cccc(CC(=O)CCC(F)(F)F)c4)cnc3c2)CC1.COC1CCN(CCCON=Cc2ccn3c(-c4cccc(CC(=O)CCC(F)(F)F)c4)cnc3c2)CC1.O=C(CCC(F)(F)F)Cc1cccc(-c2cnc3cc(C=NOCCCN4CCCC4)ccn23)c1.O=C(CCC(F)(F)F)Cc1cccc(-c2cnc3cc(C=NOCCCNC4CCCCC4)ccn23)c1. The van der Waals surface area contributed by atoms with Gasteiger partial charge in [-0.2, -0.15) is 52.7 Å². The number of pyridine rings is 4. The molecule has 38 heteroatoms. The van der Waals surface area contributed by atoms with Crippen molar-refractivity contribution in [3.63, 3.8) is 0 Å². The van der Waals surface area contributed by atoms with Crippen molar-refractivity contribution in [3.8, 4) is 45.0 Å². The number of nitrogens with zero attached hydrogens (tertiary/aromatic N) is 15. The normalized spacial score (nSPS) is 15.2. The van der Waals surface area contributed by atoms with Crippen LogP contribution in [-0.2, 0) is 68.9 Å². The Kier molecular flexibility index (Phi) is 42.9. The van der Waals surface area contributed by atoms with Gasteiger partial charge < -0.3 is 49.4 Å². The van der Waals surface area contributed by atoms with Crippen LogP contribution >= 0.6 is 0 Å². The number of imidazole rings is 4. The summed E-state index contributed by atoms with van der Waals surface area (Å²) in [6.07, 6.45) is 14.9. The molecule has 0 atom stereocenters. The number of halogens is 12. The van der Waals surface area contributed by atoms with Crippen LogP contribution < -0.4 is 10.6 Å². The molecule has 0 amide bonds. The van der Waals surface area contributed by atoms with E-state index in [1.54, 1.807) is 105 Å². The first-order valence-corrected chi connectivity index (χ1v) is 50.7. The van der Waals surface area contributed by atoms with E-state index < -0.39 is 99.2 Å². The number of ether oxygens (including phenoxy) is 1. The monoisotopic (exact) mass is 2060 g/mol. The summed E-state index contributed by atoms with van der Waals surface area (Å²) in [4.78, 5) is 94.7. The highest BCUT2D eigenvalue weighted by Gasteiger charge is 2.32. The summed E-state index contributed by atoms with van der Waals surface area (Å²) in [5, 5.41) is 23.5. The summed E-state index contributed by atoms with van der Waals surface area (Å²) in [6, 6.07) is 45.4. The van der Waals surface area contributed by atoms with Crippen molar-refractivity contribution in [2.24, 2.45) is 20.6 Å². The summed E-state index contributed by atoms with van der Waals surface area (Å²) < 4.78 is 162. The van der Waals surface area contributed by atoms with Crippen molar-refractivity contribution in [2.75, 3.05) is 106 Å². The molecule has 16 rings (SSSR count). The summed E-state index contributed by atoms with van der Waals surface area (Å²) in [6.45, 7) is 12.9. The largest absolute Gasteiger partial charge is 0.396 e. The fourth-order valence-corrected chi connectivity index (χ4v) is 18.0. The minimum atomic E-state index is -4.33. The molecule has 8 aromatic heterocycles. The molecule has 0 unspecified atom stereocenters. The van der Waals surface area contributed by atoms with Gasteiger partial charge >= 0.3 is 24.7 Å². The Balaban J connectivity index is 0.000000165. The third-order valence-corrected chi connectivity index (χ3v) is 26.0. The number of carbonyl (C=O) groups is 4. The van der Waals surface area contributed by atoms with E-state index in [-0.39, 0.29) is 25.7 Å². The van der Waals surface area contributed by atoms with Gasteiger partial charge in [-0.15, -0.1) is 0 Å². The highest BCUT2D eigenvalue weighted by Crippen LogP contribution is 2.33. The molecule has 3 saturated heterocycles. The molecule has 26 nitrogen and oxygen atoms in total. The van der Waals surface area contributed by atoms with Crippen molar-refractivity contribution in [1.82, 2.24) is 62.9 Å². The summed E-state index contributed by atoms with van der Waals surface area (Å²) in [5.74, 6) is -1.73. The van der Waals surface area contributed by atoms with Crippen molar-refractivity contribution in [2.45, 2.75) is 216 Å². The number of oxime groups is 4. The number of hydrogen-bond acceptors (Lipinski definition) is 22. The van der Waals surface area contributed by atoms with Gasteiger partial charge in [0.15, 0.2) is 0 Å². The summed E-state index contributed by atoms with van der Waals surface area (Å²) in [7, 11) is 3.93. The van der Waals surface area contributed by atoms with Crippen LogP contribution in [0.15, 0.2) is 216 Å². The van der Waals surface area contributed by atoms with Gasteiger partial charge in [0.1, 0.15) is 72.1 Å². The van der Waals surface area contributed by atoms with E-state index in [0.29, 0.717) is 66.9 Å². The Morgan fingerprint density at radius 3 is 0.946 bits per heavy atom. The number of fused-ring (bicyclic) bond motifs is 4. The number of aromatic nitrogens is 8. The van der Waals surface area contributed by atoms with Crippen LogP contribution in [0.3, 0.4) is 0 Å². The van der Waals surface area contributed by atoms with Gasteiger partial charge in [-0.05, 0) is 218 Å². The van der Waals surface area contributed by atoms with Crippen LogP contribution in [0.5, 0.6) is 0 Å². The van der Waals surface area contributed by atoms with Crippen LogP contribution in [0.1, 0.15) is 192 Å². The Labute approximate surface area is 852 Å². The van der Waals surface area contributed by atoms with Gasteiger partial charge in [-0.25, -0.2) is 19.9 Å². The second-order valence-electron chi connectivity index (χ2n) is 37.8. The Morgan fingerprint density at radius 2 is 0.649 bits per heavy atom. The maximum absolute atomic E-state index is 12.4. The average Bonchev–Trinajstić information content (AvgIpc) is 1.66. The van der Waals surface area contributed by atoms with Crippen molar-refractivity contribution >= 4 is 70.6 Å². The van der Waals surface area contributed by atoms with Gasteiger partial charge in [-0.1, -0.05) is 113 Å². The van der Waals surface area contributed by atoms with Gasteiger partial charge in [0, 0.05) is 166 Å². The van der Waals surface area contributed by atoms with Crippen molar-refractivity contribution < 1.29 is 96.0 Å². The lowest BCUT2D eigenvalue weighted by molar-refractivity contribution is -0.143. The van der Waals surface area contributed by atoms with E-state index in [0.717, 1.165) is 181 Å². The van der Waals surface area contributed by atoms with Crippen molar-refractivity contribution in [3.05, 3.63) is 240 Å². The third kappa shape index (κ3) is 38.4. The quantitative estimate of drug-likeness (QED) is 0.0155. The number of benzene rings is 4. The van der Waals surface area contributed by atoms with E-state index >= 15 is 0 Å². The first-order valence-electron chi connectivity index (χ1n) is 50.7. The molecule has 148 heavy (non-hydrogen) atoms. The molecule has 792 valence electrons. The maximum atomic E-state index is 12.4. The molecule has 12 aromatic rings. The Bertz CT molecular complexity index is 6340. The number of carbonyl (C=O) groups excluding carboxylic acids is 4. The van der Waals surface area contributed by atoms with E-state index in [1.807, 2.05) is 139 Å². The third-order valence-electron chi connectivity index (χ3n) is 26.0. The molecule has 11 heterocycles. The smallest absolute Gasteiger partial charge is 0.389 e. The molecule has 4 aliphatic rings. The van der Waals surface area contributed by atoms with Crippen LogP contribution in [0.2, 0.25) is 0 Å². The molecule has 1 aliphatic carbocycles. The predicted molar refractivity (Wildman–Crippen MR) is 547 cm³/mol. The van der Waals surface area contributed by atoms with E-state index in [9.17, 15) is 71.9 Å². The zero-order valence-corrected chi connectivity index (χ0v) is 83.4. The molecule has 3 aliphatic heterocycles. The zero-order chi connectivity index (χ0) is 105. The standard InChI is InChI=1S/C28H34F3N5O2.C28H33F3N4O3.C28H33F3N4O2.C26H29F3N4O2/c1-35-12-8-24(9-13-35)32-11-3-15-38-34-19-22-7-14-36-26(20-33-27(36)18-22)23-5-2-4-21(16-23)17-25(37)6-10-28(29,30)31;1-37-25-8-12-34(13-9-25)11-3-15-38-33-19-22-7-14-35-26(20-32-27(35)18-22)23-5-2-4-21(16-23)17-24(36)6-10-28(29,30)31;29-28(30,31)12-10-25(36)17-21-6-4-7-23(16-21)26-20-33-27-18-22(11-14-35(26)27)19-34-37-15-5-13-32-24-8-2-1-3-9-24;27-26(28,29)9-7-23(34)16-20-5-3-6-22(15-20)24-19-30-25-17-21(8-13-33(24)25)18-31-35-14-4-12-32-10-1-2-11-32/h2,4-5,7,14,16,18-20,24,32H,3,6,8-13,15,17H2,1H3;2,4-5,7,14,16,18-20,25H,3,6,8-13,15,17H2,1H3;4,6-7,11,14,16,18-20,24,32H,1-3,5,8-10,12-13,15,17H2;3,5-6,8,13,15,17-19H,1-2,4,7,9-12,14,16H2. The summed E-state index contributed by atoms with van der Waals surface area (Å²) >= 11 is 0. The van der Waals surface area contributed by atoms with Gasteiger partial charge in [0.25, 0.3) is 0 Å². The zero-order valence-electron chi connectivity index (χ0n) is 83.4. The van der Waals surface area contributed by atoms with Gasteiger partial charge in [0.05, 0.1) is 104 Å². The minimum Gasteiger partial charge on any atom is -0.396 e. The second kappa shape index (κ2) is 56.5. The Hall–Kier alpha value is -12.9. The molecule has 4 fully saturated rings. The first kappa shape index (κ1) is 112. The Morgan fingerprint density at radius 1 is 0.358 bits per heavy atom. The number of Topliss-reactive ketones (excluding diaryl/α,β-unsaturated/α-hetero) is 4. The van der Waals surface area contributed by atoms with Crippen molar-refractivity contribution in [1.29, 1.82) is 0 Å². The van der Waals surface area contributed by atoms with Crippen LogP contribution in [0.25, 0.3) is 67.6 Å². The fraction of sp³-hybridized carbons (Fsp3) is 0.455. The van der Waals surface area contributed by atoms with Crippen LogP contribution in [0.4, 0.5) is 52.7 Å². The first-order chi connectivity index (χ1) is 71.3. The van der Waals surface area contributed by atoms with E-state index in [2.05, 4.69) is 72.9 Å². The minimum absolute atomic E-state index is 0.0285. The lowest BCUT2D eigenvalue weighted by atomic mass is 9.95. The number of likely N-dealkylation sites (tertiary alicyclic amines) is 3. The molecule has 0 bridgehead atoms. The van der Waals surface area contributed by atoms with E-state index in [1.165, 1.54) is 70.9 Å². The van der Waals surface area contributed by atoms with Gasteiger partial charge in [-0.3, -0.25) is 36.8 Å². The highest BCUT2D eigenvalue weighted by molar-refractivity contribution is 5.87. The number of hydrogen-bond donors (Lipinski definition) is 2. The molecular formula is C110H129F12N17O9. The lowest BCUT2D eigenvalue weighted by Gasteiger charge is -2.30. The number of piperidine rings is 2. The molecule has 2 N–H and O–H groups in total.